The van der Waals surface area contributed by atoms with Crippen molar-refractivity contribution in [3.63, 3.8) is 0 Å². The summed E-state index contributed by atoms with van der Waals surface area (Å²) in [6.45, 7) is 0.819. The van der Waals surface area contributed by atoms with Crippen LogP contribution in [0, 0.1) is 5.92 Å². The zero-order chi connectivity index (χ0) is 18.1. The lowest BCUT2D eigenvalue weighted by atomic mass is 9.86. The highest BCUT2D eigenvalue weighted by Gasteiger charge is 2.22. The lowest BCUT2D eigenvalue weighted by molar-refractivity contribution is 0.288. The number of fused-ring (bicyclic) bond motifs is 1. The third-order valence-electron chi connectivity index (χ3n) is 4.98. The molecule has 4 rings (SSSR count). The summed E-state index contributed by atoms with van der Waals surface area (Å²) in [4.78, 5) is 17.1. The molecule has 3 aromatic heterocycles. The smallest absolute Gasteiger partial charge is 0.224 e. The Morgan fingerprint density at radius 1 is 1.12 bits per heavy atom. The molecule has 9 nitrogen and oxygen atoms in total. The molecule has 1 saturated carbocycles. The van der Waals surface area contributed by atoms with E-state index in [1.54, 1.807) is 25.6 Å². The minimum Gasteiger partial charge on any atom is -0.368 e. The van der Waals surface area contributed by atoms with Crippen LogP contribution in [0.1, 0.15) is 25.7 Å². The molecular formula is C17H23N9. The average Bonchev–Trinajstić information content (AvgIpc) is 3.02. The van der Waals surface area contributed by atoms with Crippen LogP contribution >= 0.6 is 0 Å². The van der Waals surface area contributed by atoms with Crippen molar-refractivity contribution in [3.05, 3.63) is 18.6 Å². The van der Waals surface area contributed by atoms with Crippen LogP contribution in [-0.2, 0) is 6.54 Å². The SMILES string of the molecule is CNc1ncc2c(-c3cnc(N)nc3)nn(C[C@H]3CC[C@H](N)CC3)c2n1. The molecule has 0 bridgehead atoms. The fourth-order valence-corrected chi connectivity index (χ4v) is 3.50. The third kappa shape index (κ3) is 3.17. The Morgan fingerprint density at radius 3 is 2.54 bits per heavy atom. The standard InChI is InChI=1S/C17H23N9/c1-20-17-23-8-13-14(11-6-21-16(19)22-7-11)25-26(15(13)24-17)9-10-2-4-12(18)5-3-10/h6-8,10,12H,2-5,9,18H2,1H3,(H2,19,21,22)(H,20,23,24)/t10-,12-. The minimum absolute atomic E-state index is 0.241. The third-order valence-corrected chi connectivity index (χ3v) is 4.98. The van der Waals surface area contributed by atoms with Gasteiger partial charge in [0.1, 0.15) is 5.69 Å². The van der Waals surface area contributed by atoms with Gasteiger partial charge in [0.15, 0.2) is 5.65 Å². The van der Waals surface area contributed by atoms with Crippen molar-refractivity contribution in [2.75, 3.05) is 18.1 Å². The first kappa shape index (κ1) is 16.6. The van der Waals surface area contributed by atoms with Crippen molar-refractivity contribution in [2.45, 2.75) is 38.3 Å². The number of hydrogen-bond acceptors (Lipinski definition) is 8. The molecule has 136 valence electrons. The first-order valence-electron chi connectivity index (χ1n) is 8.89. The molecule has 0 atom stereocenters. The van der Waals surface area contributed by atoms with E-state index in [1.165, 1.54) is 0 Å². The maximum atomic E-state index is 6.04. The van der Waals surface area contributed by atoms with Gasteiger partial charge in [-0.25, -0.2) is 19.6 Å². The first-order chi connectivity index (χ1) is 12.6. The predicted molar refractivity (Wildman–Crippen MR) is 100 cm³/mol. The van der Waals surface area contributed by atoms with Crippen LogP contribution in [0.4, 0.5) is 11.9 Å². The summed E-state index contributed by atoms with van der Waals surface area (Å²) in [6.07, 6.45) is 9.53. The van der Waals surface area contributed by atoms with Gasteiger partial charge in [0.25, 0.3) is 0 Å². The van der Waals surface area contributed by atoms with Gasteiger partial charge in [-0.1, -0.05) is 0 Å². The summed E-state index contributed by atoms with van der Waals surface area (Å²) in [7, 11) is 1.80. The molecular weight excluding hydrogens is 330 g/mol. The van der Waals surface area contributed by atoms with Gasteiger partial charge in [0.2, 0.25) is 11.9 Å². The molecule has 0 radical (unpaired) electrons. The zero-order valence-corrected chi connectivity index (χ0v) is 14.8. The van der Waals surface area contributed by atoms with Crippen LogP contribution in [0.15, 0.2) is 18.6 Å². The summed E-state index contributed by atoms with van der Waals surface area (Å²) in [6, 6.07) is 0.335. The molecule has 1 aliphatic carbocycles. The number of rotatable bonds is 4. The molecule has 0 spiro atoms. The Kier molecular flexibility index (Phi) is 4.37. The topological polar surface area (TPSA) is 133 Å². The van der Waals surface area contributed by atoms with Gasteiger partial charge in [0.05, 0.1) is 5.39 Å². The molecule has 1 aliphatic rings. The Labute approximate surface area is 151 Å². The van der Waals surface area contributed by atoms with E-state index in [-0.39, 0.29) is 5.95 Å². The van der Waals surface area contributed by atoms with E-state index in [1.807, 2.05) is 4.68 Å². The molecule has 0 aliphatic heterocycles. The first-order valence-corrected chi connectivity index (χ1v) is 8.89. The van der Waals surface area contributed by atoms with E-state index < -0.39 is 0 Å². The van der Waals surface area contributed by atoms with E-state index in [2.05, 4.69) is 25.3 Å². The number of hydrogen-bond donors (Lipinski definition) is 3. The summed E-state index contributed by atoms with van der Waals surface area (Å²) in [5, 5.41) is 8.68. The van der Waals surface area contributed by atoms with Crippen molar-refractivity contribution < 1.29 is 0 Å². The van der Waals surface area contributed by atoms with Gasteiger partial charge < -0.3 is 16.8 Å². The number of nitrogens with one attached hydrogen (secondary N) is 1. The monoisotopic (exact) mass is 353 g/mol. The maximum Gasteiger partial charge on any atom is 0.224 e. The second-order valence-electron chi connectivity index (χ2n) is 6.82. The van der Waals surface area contributed by atoms with Gasteiger partial charge in [-0.3, -0.25) is 0 Å². The van der Waals surface area contributed by atoms with Crippen LogP contribution in [0.3, 0.4) is 0 Å². The molecule has 5 N–H and O–H groups in total. The van der Waals surface area contributed by atoms with Crippen molar-refractivity contribution in [1.29, 1.82) is 0 Å². The second kappa shape index (κ2) is 6.83. The van der Waals surface area contributed by atoms with Crippen LogP contribution in [0.25, 0.3) is 22.3 Å². The molecule has 0 saturated heterocycles. The molecule has 0 aromatic carbocycles. The summed E-state index contributed by atoms with van der Waals surface area (Å²) in [5.74, 6) is 1.37. The fraction of sp³-hybridized carbons (Fsp3) is 0.471. The predicted octanol–water partition coefficient (Wildman–Crippen LogP) is 1.42. The number of nitrogens with two attached hydrogens (primary N) is 2. The van der Waals surface area contributed by atoms with Crippen molar-refractivity contribution in [2.24, 2.45) is 11.7 Å². The number of nitrogen functional groups attached to an aromatic ring is 1. The van der Waals surface area contributed by atoms with Gasteiger partial charge in [0, 0.05) is 43.8 Å². The molecule has 26 heavy (non-hydrogen) atoms. The summed E-state index contributed by atoms with van der Waals surface area (Å²) >= 11 is 0. The van der Waals surface area contributed by atoms with E-state index in [0.717, 1.165) is 54.5 Å². The lowest BCUT2D eigenvalue weighted by Crippen LogP contribution is -2.28. The van der Waals surface area contributed by atoms with Gasteiger partial charge in [-0.15, -0.1) is 0 Å². The molecule has 3 heterocycles. The minimum atomic E-state index is 0.241. The van der Waals surface area contributed by atoms with Crippen molar-refractivity contribution in [1.82, 2.24) is 29.7 Å². The summed E-state index contributed by atoms with van der Waals surface area (Å²) < 4.78 is 1.98. The highest BCUT2D eigenvalue weighted by atomic mass is 15.3. The highest BCUT2D eigenvalue weighted by molar-refractivity contribution is 5.90. The van der Waals surface area contributed by atoms with Gasteiger partial charge >= 0.3 is 0 Å². The van der Waals surface area contributed by atoms with Crippen molar-refractivity contribution >= 4 is 22.9 Å². The van der Waals surface area contributed by atoms with Gasteiger partial charge in [-0.05, 0) is 31.6 Å². The summed E-state index contributed by atoms with van der Waals surface area (Å²) in [5.41, 5.74) is 14.0. The van der Waals surface area contributed by atoms with Gasteiger partial charge in [-0.2, -0.15) is 10.1 Å². The Balaban J connectivity index is 1.74. The quantitative estimate of drug-likeness (QED) is 0.641. The molecule has 9 heteroatoms. The average molecular weight is 353 g/mol. The van der Waals surface area contributed by atoms with E-state index in [9.17, 15) is 0 Å². The lowest BCUT2D eigenvalue weighted by Gasteiger charge is -2.25. The molecule has 0 unspecified atom stereocenters. The van der Waals surface area contributed by atoms with E-state index in [4.69, 9.17) is 16.6 Å². The van der Waals surface area contributed by atoms with E-state index >= 15 is 0 Å². The van der Waals surface area contributed by atoms with Crippen LogP contribution in [-0.4, -0.2) is 42.8 Å². The van der Waals surface area contributed by atoms with E-state index in [0.29, 0.717) is 17.9 Å². The van der Waals surface area contributed by atoms with Crippen LogP contribution in [0.5, 0.6) is 0 Å². The Hall–Kier alpha value is -2.81. The molecule has 0 amide bonds. The normalized spacial score (nSPS) is 20.4. The molecule has 3 aromatic rings. The maximum absolute atomic E-state index is 6.04. The Bertz CT molecular complexity index is 894. The Morgan fingerprint density at radius 2 is 1.85 bits per heavy atom. The number of nitrogens with zero attached hydrogens (tertiary/aromatic N) is 6. The van der Waals surface area contributed by atoms with Crippen LogP contribution in [0.2, 0.25) is 0 Å². The highest BCUT2D eigenvalue weighted by Crippen LogP contribution is 2.30. The number of anilines is 2. The van der Waals surface area contributed by atoms with Crippen LogP contribution < -0.4 is 16.8 Å². The van der Waals surface area contributed by atoms with Crippen molar-refractivity contribution in [3.8, 4) is 11.3 Å². The molecule has 1 fully saturated rings. The zero-order valence-electron chi connectivity index (χ0n) is 14.8. The fourth-order valence-electron chi connectivity index (χ4n) is 3.50. The largest absolute Gasteiger partial charge is 0.368 e. The number of aromatic nitrogens is 6. The second-order valence-corrected chi connectivity index (χ2v) is 6.82.